The summed E-state index contributed by atoms with van der Waals surface area (Å²) in [6.45, 7) is 1.80. The lowest BCUT2D eigenvalue weighted by Crippen LogP contribution is -2.35. The van der Waals surface area contributed by atoms with Crippen LogP contribution in [0.5, 0.6) is 5.88 Å². The number of ether oxygens (including phenoxy) is 1. The van der Waals surface area contributed by atoms with Crippen LogP contribution in [0.25, 0.3) is 0 Å². The summed E-state index contributed by atoms with van der Waals surface area (Å²) in [6, 6.07) is 0. The Balaban J connectivity index is 2.14. The van der Waals surface area contributed by atoms with Crippen LogP contribution in [0.3, 0.4) is 0 Å². The van der Waals surface area contributed by atoms with Gasteiger partial charge in [-0.3, -0.25) is 0 Å². The zero-order valence-corrected chi connectivity index (χ0v) is 11.3. The molecule has 0 spiro atoms. The Morgan fingerprint density at radius 3 is 2.81 bits per heavy atom. The van der Waals surface area contributed by atoms with Crippen LogP contribution in [0, 0.1) is 0 Å². The number of halogens is 2. The van der Waals surface area contributed by atoms with Crippen LogP contribution >= 0.6 is 27.5 Å². The number of alkyl halides is 1. The van der Waals surface area contributed by atoms with E-state index in [1.165, 1.54) is 0 Å². The minimum Gasteiger partial charge on any atom is -0.480 e. The van der Waals surface area contributed by atoms with Crippen molar-refractivity contribution in [3.8, 4) is 5.88 Å². The van der Waals surface area contributed by atoms with Gasteiger partial charge >= 0.3 is 0 Å². The van der Waals surface area contributed by atoms with Crippen molar-refractivity contribution >= 4 is 33.5 Å². The van der Waals surface area contributed by atoms with Crippen molar-refractivity contribution in [2.45, 2.75) is 18.2 Å². The van der Waals surface area contributed by atoms with E-state index in [9.17, 15) is 0 Å². The molecule has 1 aliphatic heterocycles. The normalized spacial score (nSPS) is 17.6. The molecule has 0 radical (unpaired) electrons. The molecule has 0 amide bonds. The lowest BCUT2D eigenvalue weighted by atomic mass is 10.1. The molecule has 1 saturated heterocycles. The second kappa shape index (κ2) is 5.19. The largest absolute Gasteiger partial charge is 0.480 e. The number of aromatic nitrogens is 2. The van der Waals surface area contributed by atoms with Crippen LogP contribution in [-0.2, 0) is 0 Å². The van der Waals surface area contributed by atoms with Gasteiger partial charge in [-0.2, -0.15) is 4.98 Å². The highest BCUT2D eigenvalue weighted by Gasteiger charge is 2.20. The third-order valence-corrected chi connectivity index (χ3v) is 3.58. The summed E-state index contributed by atoms with van der Waals surface area (Å²) < 4.78 is 5.92. The molecule has 88 valence electrons. The van der Waals surface area contributed by atoms with Crippen LogP contribution in [-0.4, -0.2) is 35.5 Å². The van der Waals surface area contributed by atoms with E-state index in [1.807, 2.05) is 0 Å². The Kier molecular flexibility index (Phi) is 3.86. The Bertz CT molecular complexity index is 369. The molecule has 0 aromatic carbocycles. The summed E-state index contributed by atoms with van der Waals surface area (Å²) in [7, 11) is 1.60. The maximum atomic E-state index is 6.05. The molecule has 1 fully saturated rings. The van der Waals surface area contributed by atoms with Crippen LogP contribution in [0.4, 0.5) is 5.95 Å². The Morgan fingerprint density at radius 2 is 2.19 bits per heavy atom. The summed E-state index contributed by atoms with van der Waals surface area (Å²) in [4.78, 5) is 10.8. The van der Waals surface area contributed by atoms with Crippen molar-refractivity contribution in [2.24, 2.45) is 0 Å². The molecule has 0 N–H and O–H groups in total. The number of anilines is 1. The highest BCUT2D eigenvalue weighted by atomic mass is 79.9. The standard InChI is InChI=1S/C10H13BrClN3O/c1-16-9-8(11)6-13-10(14-9)15-4-2-7(12)3-5-15/h6-7H,2-5H2,1H3. The van der Waals surface area contributed by atoms with Gasteiger partial charge in [-0.1, -0.05) is 0 Å². The Morgan fingerprint density at radius 1 is 1.50 bits per heavy atom. The summed E-state index contributed by atoms with van der Waals surface area (Å²) >= 11 is 9.39. The molecule has 2 rings (SSSR count). The first-order chi connectivity index (χ1) is 7.70. The van der Waals surface area contributed by atoms with Gasteiger partial charge in [-0.25, -0.2) is 4.98 Å². The lowest BCUT2D eigenvalue weighted by molar-refractivity contribution is 0.393. The SMILES string of the molecule is COc1nc(N2CCC(Cl)CC2)ncc1Br. The van der Waals surface area contributed by atoms with Gasteiger partial charge < -0.3 is 9.64 Å². The number of hydrogen-bond acceptors (Lipinski definition) is 4. The summed E-state index contributed by atoms with van der Waals surface area (Å²) in [6.07, 6.45) is 3.67. The molecule has 4 nitrogen and oxygen atoms in total. The van der Waals surface area contributed by atoms with Gasteiger partial charge in [0, 0.05) is 18.5 Å². The first-order valence-electron chi connectivity index (χ1n) is 5.16. The van der Waals surface area contributed by atoms with E-state index in [0.29, 0.717) is 11.8 Å². The van der Waals surface area contributed by atoms with Crippen LogP contribution in [0.1, 0.15) is 12.8 Å². The van der Waals surface area contributed by atoms with Gasteiger partial charge in [0.15, 0.2) is 0 Å². The number of methoxy groups -OCH3 is 1. The Hall–Kier alpha value is -0.550. The van der Waals surface area contributed by atoms with Crippen molar-refractivity contribution in [3.63, 3.8) is 0 Å². The molecular weight excluding hydrogens is 293 g/mol. The Labute approximate surface area is 108 Å². The maximum Gasteiger partial charge on any atom is 0.232 e. The topological polar surface area (TPSA) is 38.2 Å². The minimum atomic E-state index is 0.286. The van der Waals surface area contributed by atoms with E-state index < -0.39 is 0 Å². The van der Waals surface area contributed by atoms with Crippen LogP contribution in [0.15, 0.2) is 10.7 Å². The van der Waals surface area contributed by atoms with Crippen molar-refractivity contribution in [1.29, 1.82) is 0 Å². The van der Waals surface area contributed by atoms with Gasteiger partial charge in [0.1, 0.15) is 0 Å². The summed E-state index contributed by atoms with van der Waals surface area (Å²) in [5.41, 5.74) is 0. The smallest absolute Gasteiger partial charge is 0.232 e. The third-order valence-electron chi connectivity index (χ3n) is 2.60. The van der Waals surface area contributed by atoms with Crippen molar-refractivity contribution in [1.82, 2.24) is 9.97 Å². The van der Waals surface area contributed by atoms with Crippen LogP contribution < -0.4 is 9.64 Å². The fourth-order valence-corrected chi connectivity index (χ4v) is 2.23. The van der Waals surface area contributed by atoms with Gasteiger partial charge in [-0.05, 0) is 28.8 Å². The number of rotatable bonds is 2. The number of hydrogen-bond donors (Lipinski definition) is 0. The highest BCUT2D eigenvalue weighted by Crippen LogP contribution is 2.25. The fourth-order valence-electron chi connectivity index (χ4n) is 1.69. The molecule has 1 aliphatic rings. The molecule has 0 unspecified atom stereocenters. The molecule has 0 bridgehead atoms. The summed E-state index contributed by atoms with van der Waals surface area (Å²) in [5, 5.41) is 0.286. The lowest BCUT2D eigenvalue weighted by Gasteiger charge is -2.29. The van der Waals surface area contributed by atoms with E-state index in [2.05, 4.69) is 30.8 Å². The van der Waals surface area contributed by atoms with E-state index >= 15 is 0 Å². The molecule has 0 aliphatic carbocycles. The molecular formula is C10H13BrClN3O. The van der Waals surface area contributed by atoms with Gasteiger partial charge in [-0.15, -0.1) is 11.6 Å². The predicted molar refractivity (Wildman–Crippen MR) is 67.4 cm³/mol. The van der Waals surface area contributed by atoms with E-state index in [4.69, 9.17) is 16.3 Å². The highest BCUT2D eigenvalue weighted by molar-refractivity contribution is 9.10. The quantitative estimate of drug-likeness (QED) is 0.787. The molecule has 0 atom stereocenters. The molecule has 2 heterocycles. The number of piperidine rings is 1. The van der Waals surface area contributed by atoms with Gasteiger partial charge in [0.2, 0.25) is 11.8 Å². The predicted octanol–water partition coefficient (Wildman–Crippen LogP) is 2.46. The second-order valence-electron chi connectivity index (χ2n) is 3.69. The number of nitrogens with zero attached hydrogens (tertiary/aromatic N) is 3. The van der Waals surface area contributed by atoms with Crippen LogP contribution in [0.2, 0.25) is 0 Å². The van der Waals surface area contributed by atoms with Crippen molar-refractivity contribution in [3.05, 3.63) is 10.7 Å². The molecule has 1 aromatic heterocycles. The first kappa shape index (κ1) is 11.9. The minimum absolute atomic E-state index is 0.286. The van der Waals surface area contributed by atoms with Gasteiger partial charge in [0.25, 0.3) is 0 Å². The van der Waals surface area contributed by atoms with Gasteiger partial charge in [0.05, 0.1) is 17.8 Å². The summed E-state index contributed by atoms with van der Waals surface area (Å²) in [5.74, 6) is 1.28. The molecule has 0 saturated carbocycles. The zero-order chi connectivity index (χ0) is 11.5. The molecule has 1 aromatic rings. The second-order valence-corrected chi connectivity index (χ2v) is 5.16. The van der Waals surface area contributed by atoms with Crippen molar-refractivity contribution < 1.29 is 4.74 Å². The maximum absolute atomic E-state index is 6.05. The molecule has 16 heavy (non-hydrogen) atoms. The van der Waals surface area contributed by atoms with E-state index in [-0.39, 0.29) is 5.38 Å². The van der Waals surface area contributed by atoms with Crippen molar-refractivity contribution in [2.75, 3.05) is 25.1 Å². The van der Waals surface area contributed by atoms with E-state index in [1.54, 1.807) is 13.3 Å². The third kappa shape index (κ3) is 2.58. The average molecular weight is 307 g/mol. The average Bonchev–Trinajstić information content (AvgIpc) is 2.31. The zero-order valence-electron chi connectivity index (χ0n) is 8.99. The molecule has 6 heteroatoms. The van der Waals surface area contributed by atoms with E-state index in [0.717, 1.165) is 30.4 Å². The first-order valence-corrected chi connectivity index (χ1v) is 6.39. The fraction of sp³-hybridized carbons (Fsp3) is 0.600. The monoisotopic (exact) mass is 305 g/mol.